The number of ketones is 1. The van der Waals surface area contributed by atoms with E-state index >= 15 is 0 Å². The molecule has 3 rings (SSSR count). The topological polar surface area (TPSA) is 30.2 Å². The van der Waals surface area contributed by atoms with Crippen LogP contribution < -0.4 is 0 Å². The lowest BCUT2D eigenvalue weighted by Crippen LogP contribution is -2.03. The first kappa shape index (κ1) is 12.5. The molecule has 1 heterocycles. The molecule has 0 atom stereocenters. The normalized spacial score (nSPS) is 10.9. The van der Waals surface area contributed by atoms with Crippen LogP contribution in [0.3, 0.4) is 0 Å². The molecule has 20 heavy (non-hydrogen) atoms. The van der Waals surface area contributed by atoms with Crippen molar-refractivity contribution in [2.24, 2.45) is 0 Å². The molecule has 0 aliphatic heterocycles. The molecule has 0 radical (unpaired) electrons. The molecule has 4 heteroatoms. The van der Waals surface area contributed by atoms with Gasteiger partial charge < -0.3 is 4.42 Å². The summed E-state index contributed by atoms with van der Waals surface area (Å²) in [6, 6.07) is 9.75. The second-order valence-corrected chi connectivity index (χ2v) is 4.61. The average molecular weight is 272 g/mol. The van der Waals surface area contributed by atoms with Crippen molar-refractivity contribution >= 4 is 16.8 Å². The van der Waals surface area contributed by atoms with E-state index in [1.807, 2.05) is 19.1 Å². The third-order valence-electron chi connectivity index (χ3n) is 3.07. The van der Waals surface area contributed by atoms with Crippen LogP contribution in [0.25, 0.3) is 11.0 Å². The highest BCUT2D eigenvalue weighted by molar-refractivity contribution is 6.09. The van der Waals surface area contributed by atoms with Gasteiger partial charge in [0.05, 0.1) is 5.56 Å². The largest absolute Gasteiger partial charge is 0.453 e. The molecular weight excluding hydrogens is 262 g/mol. The van der Waals surface area contributed by atoms with Crippen LogP contribution in [0.2, 0.25) is 0 Å². The van der Waals surface area contributed by atoms with Crippen LogP contribution in [0, 0.1) is 18.6 Å². The monoisotopic (exact) mass is 272 g/mol. The number of carbonyl (C=O) groups excluding carboxylic acids is 1. The first-order valence-corrected chi connectivity index (χ1v) is 6.04. The van der Waals surface area contributed by atoms with E-state index in [9.17, 15) is 13.6 Å². The van der Waals surface area contributed by atoms with Gasteiger partial charge in [0.1, 0.15) is 17.2 Å². The van der Waals surface area contributed by atoms with Gasteiger partial charge >= 0.3 is 0 Å². The van der Waals surface area contributed by atoms with E-state index in [-0.39, 0.29) is 11.3 Å². The van der Waals surface area contributed by atoms with Crippen LogP contribution in [0.15, 0.2) is 46.9 Å². The van der Waals surface area contributed by atoms with Crippen molar-refractivity contribution in [1.82, 2.24) is 0 Å². The summed E-state index contributed by atoms with van der Waals surface area (Å²) in [7, 11) is 0. The van der Waals surface area contributed by atoms with Gasteiger partial charge in [-0.2, -0.15) is 0 Å². The highest BCUT2D eigenvalue weighted by Gasteiger charge is 2.19. The maximum atomic E-state index is 13.6. The number of rotatable bonds is 2. The Kier molecular flexibility index (Phi) is 2.86. The zero-order valence-corrected chi connectivity index (χ0v) is 10.6. The summed E-state index contributed by atoms with van der Waals surface area (Å²) in [6.45, 7) is 1.92. The van der Waals surface area contributed by atoms with E-state index in [1.54, 1.807) is 6.07 Å². The summed E-state index contributed by atoms with van der Waals surface area (Å²) >= 11 is 0. The van der Waals surface area contributed by atoms with Crippen molar-refractivity contribution < 1.29 is 18.0 Å². The molecule has 0 fully saturated rings. The third-order valence-corrected chi connectivity index (χ3v) is 3.07. The predicted molar refractivity (Wildman–Crippen MR) is 70.7 cm³/mol. The number of hydrogen-bond acceptors (Lipinski definition) is 2. The minimum absolute atomic E-state index is 0.00454. The molecule has 3 aromatic rings. The molecule has 0 unspecified atom stereocenters. The second kappa shape index (κ2) is 4.56. The maximum absolute atomic E-state index is 13.6. The summed E-state index contributed by atoms with van der Waals surface area (Å²) in [4.78, 5) is 12.2. The first-order valence-electron chi connectivity index (χ1n) is 6.04. The van der Waals surface area contributed by atoms with Gasteiger partial charge in [-0.05, 0) is 43.3 Å². The Bertz CT molecular complexity index is 818. The van der Waals surface area contributed by atoms with Gasteiger partial charge in [-0.15, -0.1) is 0 Å². The molecule has 100 valence electrons. The number of hydrogen-bond donors (Lipinski definition) is 0. The fourth-order valence-corrected chi connectivity index (χ4v) is 2.08. The molecule has 0 saturated carbocycles. The minimum Gasteiger partial charge on any atom is -0.453 e. The zero-order chi connectivity index (χ0) is 14.3. The van der Waals surface area contributed by atoms with Crippen molar-refractivity contribution in [2.45, 2.75) is 6.92 Å². The predicted octanol–water partition coefficient (Wildman–Crippen LogP) is 4.25. The van der Waals surface area contributed by atoms with Gasteiger partial charge in [-0.1, -0.05) is 11.6 Å². The average Bonchev–Trinajstić information content (AvgIpc) is 2.83. The van der Waals surface area contributed by atoms with Gasteiger partial charge in [-0.3, -0.25) is 4.79 Å². The third kappa shape index (κ3) is 2.09. The zero-order valence-electron chi connectivity index (χ0n) is 10.6. The van der Waals surface area contributed by atoms with E-state index in [4.69, 9.17) is 4.42 Å². The van der Waals surface area contributed by atoms with Gasteiger partial charge in [0.25, 0.3) is 0 Å². The molecule has 0 aliphatic carbocycles. The molecule has 0 bridgehead atoms. The fraction of sp³-hybridized carbons (Fsp3) is 0.0625. The van der Waals surface area contributed by atoms with E-state index in [1.165, 1.54) is 6.07 Å². The van der Waals surface area contributed by atoms with E-state index in [0.717, 1.165) is 29.1 Å². The lowest BCUT2D eigenvalue weighted by molar-refractivity contribution is 0.101. The summed E-state index contributed by atoms with van der Waals surface area (Å²) < 4.78 is 32.1. The lowest BCUT2D eigenvalue weighted by Gasteiger charge is -1.99. The standard InChI is InChI=1S/C16H10F2O2/c1-9-2-5-14-10(6-9)7-15(20-14)16(19)12-8-11(17)3-4-13(12)18/h2-8H,1H3. The summed E-state index contributed by atoms with van der Waals surface area (Å²) in [5, 5.41) is 0.755. The van der Waals surface area contributed by atoms with Crippen LogP contribution in [-0.4, -0.2) is 5.78 Å². The molecule has 0 saturated heterocycles. The number of fused-ring (bicyclic) bond motifs is 1. The minimum atomic E-state index is -0.770. The number of benzene rings is 2. The summed E-state index contributed by atoms with van der Waals surface area (Å²) in [5.41, 5.74) is 1.23. The van der Waals surface area contributed by atoms with Gasteiger partial charge in [0.2, 0.25) is 5.78 Å². The second-order valence-electron chi connectivity index (χ2n) is 4.61. The molecule has 1 aromatic heterocycles. The van der Waals surface area contributed by atoms with Crippen molar-refractivity contribution in [2.75, 3.05) is 0 Å². The van der Waals surface area contributed by atoms with Crippen LogP contribution in [0.1, 0.15) is 21.7 Å². The Morgan fingerprint density at radius 3 is 2.65 bits per heavy atom. The van der Waals surface area contributed by atoms with Gasteiger partial charge in [-0.25, -0.2) is 8.78 Å². The van der Waals surface area contributed by atoms with Crippen LogP contribution in [0.4, 0.5) is 8.78 Å². The SMILES string of the molecule is Cc1ccc2oc(C(=O)c3cc(F)ccc3F)cc2c1. The van der Waals surface area contributed by atoms with E-state index < -0.39 is 17.4 Å². The number of carbonyl (C=O) groups is 1. The number of furan rings is 1. The molecule has 2 nitrogen and oxygen atoms in total. The highest BCUT2D eigenvalue weighted by Crippen LogP contribution is 2.23. The first-order chi connectivity index (χ1) is 9.54. The van der Waals surface area contributed by atoms with Crippen molar-refractivity contribution in [3.05, 3.63) is 71.0 Å². The molecule has 2 aromatic carbocycles. The Morgan fingerprint density at radius 1 is 1.05 bits per heavy atom. The molecule has 0 spiro atoms. The maximum Gasteiger partial charge on any atom is 0.231 e. The number of aryl methyl sites for hydroxylation is 1. The Balaban J connectivity index is 2.10. The van der Waals surface area contributed by atoms with Crippen molar-refractivity contribution in [1.29, 1.82) is 0 Å². The molecule has 0 amide bonds. The fourth-order valence-electron chi connectivity index (χ4n) is 2.08. The van der Waals surface area contributed by atoms with Crippen LogP contribution >= 0.6 is 0 Å². The van der Waals surface area contributed by atoms with Crippen LogP contribution in [0.5, 0.6) is 0 Å². The van der Waals surface area contributed by atoms with Crippen molar-refractivity contribution in [3.8, 4) is 0 Å². The van der Waals surface area contributed by atoms with E-state index in [0.29, 0.717) is 5.58 Å². The summed E-state index contributed by atoms with van der Waals surface area (Å²) in [6.07, 6.45) is 0. The molecule has 0 N–H and O–H groups in total. The lowest BCUT2D eigenvalue weighted by atomic mass is 10.1. The van der Waals surface area contributed by atoms with Crippen LogP contribution in [-0.2, 0) is 0 Å². The summed E-state index contributed by atoms with van der Waals surface area (Å²) in [5.74, 6) is -2.11. The van der Waals surface area contributed by atoms with Gasteiger partial charge in [0.15, 0.2) is 5.76 Å². The quantitative estimate of drug-likeness (QED) is 0.653. The van der Waals surface area contributed by atoms with E-state index in [2.05, 4.69) is 0 Å². The molecular formula is C16H10F2O2. The number of halogens is 2. The Hall–Kier alpha value is -2.49. The Labute approximate surface area is 113 Å². The highest BCUT2D eigenvalue weighted by atomic mass is 19.1. The van der Waals surface area contributed by atoms with Crippen molar-refractivity contribution in [3.63, 3.8) is 0 Å². The van der Waals surface area contributed by atoms with Gasteiger partial charge in [0, 0.05) is 5.39 Å². The molecule has 0 aliphatic rings. The smallest absolute Gasteiger partial charge is 0.231 e. The Morgan fingerprint density at radius 2 is 1.85 bits per heavy atom.